The van der Waals surface area contributed by atoms with Crippen LogP contribution >= 0.6 is 0 Å². The first-order valence-electron chi connectivity index (χ1n) is 6.23. The van der Waals surface area contributed by atoms with E-state index in [1.54, 1.807) is 4.68 Å². The van der Waals surface area contributed by atoms with Gasteiger partial charge in [-0.05, 0) is 18.9 Å². The summed E-state index contributed by atoms with van der Waals surface area (Å²) in [6.07, 6.45) is 4.83. The molecule has 1 saturated heterocycles. The number of hydrogen-bond acceptors (Lipinski definition) is 3. The number of carbonyl (C=O) groups excluding carboxylic acids is 1. The molecule has 0 spiro atoms. The molecule has 0 aliphatic carbocycles. The van der Waals surface area contributed by atoms with Crippen LogP contribution in [0.5, 0.6) is 0 Å². The van der Waals surface area contributed by atoms with Crippen molar-refractivity contribution in [1.29, 1.82) is 0 Å². The molecule has 2 rings (SSSR count). The van der Waals surface area contributed by atoms with Crippen LogP contribution < -0.4 is 5.32 Å². The van der Waals surface area contributed by atoms with Crippen LogP contribution in [0, 0.1) is 0 Å². The van der Waals surface area contributed by atoms with Gasteiger partial charge in [0.2, 0.25) is 5.91 Å². The van der Waals surface area contributed by atoms with Gasteiger partial charge in [0, 0.05) is 45.8 Å². The minimum absolute atomic E-state index is 0.274. The molecule has 1 aliphatic rings. The zero-order valence-electron chi connectivity index (χ0n) is 10.4. The summed E-state index contributed by atoms with van der Waals surface area (Å²) in [6.45, 7) is 3.35. The minimum Gasteiger partial charge on any atom is -0.343 e. The van der Waals surface area contributed by atoms with Crippen LogP contribution in [-0.4, -0.2) is 40.2 Å². The number of aryl methyl sites for hydroxylation is 1. The van der Waals surface area contributed by atoms with Gasteiger partial charge in [-0.3, -0.25) is 9.48 Å². The molecule has 1 aliphatic heterocycles. The molecule has 17 heavy (non-hydrogen) atoms. The van der Waals surface area contributed by atoms with Crippen LogP contribution in [0.1, 0.15) is 25.0 Å². The first-order chi connectivity index (χ1) is 8.25. The average molecular weight is 236 g/mol. The van der Waals surface area contributed by atoms with Crippen LogP contribution in [-0.2, 0) is 18.4 Å². The minimum atomic E-state index is 0.274. The van der Waals surface area contributed by atoms with E-state index in [-0.39, 0.29) is 5.91 Å². The van der Waals surface area contributed by atoms with Gasteiger partial charge >= 0.3 is 0 Å². The lowest BCUT2D eigenvalue weighted by atomic mass is 10.3. The number of nitrogens with zero attached hydrogens (tertiary/aromatic N) is 3. The number of nitrogens with one attached hydrogen (secondary N) is 1. The van der Waals surface area contributed by atoms with E-state index in [1.807, 2.05) is 24.2 Å². The first-order valence-corrected chi connectivity index (χ1v) is 6.23. The molecule has 0 unspecified atom stereocenters. The number of rotatable bonds is 5. The standard InChI is InChI=1S/C12H20N4O/c1-15-9-5-11(14-15)10-13-6-4-12(17)16-7-2-3-8-16/h5,9,13H,2-4,6-8,10H2,1H3. The fourth-order valence-electron chi connectivity index (χ4n) is 2.09. The van der Waals surface area contributed by atoms with Gasteiger partial charge in [-0.15, -0.1) is 0 Å². The number of carbonyl (C=O) groups is 1. The maximum atomic E-state index is 11.7. The van der Waals surface area contributed by atoms with Crippen molar-refractivity contribution >= 4 is 5.91 Å². The van der Waals surface area contributed by atoms with Crippen LogP contribution in [0.3, 0.4) is 0 Å². The number of likely N-dealkylation sites (tertiary alicyclic amines) is 1. The van der Waals surface area contributed by atoms with Crippen LogP contribution in [0.2, 0.25) is 0 Å². The molecule has 0 bridgehead atoms. The third kappa shape index (κ3) is 3.56. The second kappa shape index (κ2) is 5.82. The summed E-state index contributed by atoms with van der Waals surface area (Å²) in [4.78, 5) is 13.7. The van der Waals surface area contributed by atoms with Gasteiger partial charge in [-0.1, -0.05) is 0 Å². The van der Waals surface area contributed by atoms with Gasteiger partial charge in [0.15, 0.2) is 0 Å². The van der Waals surface area contributed by atoms with E-state index in [4.69, 9.17) is 0 Å². The molecule has 2 heterocycles. The molecule has 1 aromatic heterocycles. The van der Waals surface area contributed by atoms with Crippen LogP contribution in [0.4, 0.5) is 0 Å². The highest BCUT2D eigenvalue weighted by Crippen LogP contribution is 2.08. The lowest BCUT2D eigenvalue weighted by Gasteiger charge is -2.14. The van der Waals surface area contributed by atoms with Crippen LogP contribution in [0.15, 0.2) is 12.3 Å². The van der Waals surface area contributed by atoms with E-state index >= 15 is 0 Å². The zero-order valence-corrected chi connectivity index (χ0v) is 10.4. The van der Waals surface area contributed by atoms with Crippen molar-refractivity contribution in [2.75, 3.05) is 19.6 Å². The Morgan fingerprint density at radius 1 is 1.47 bits per heavy atom. The Hall–Kier alpha value is -1.36. The second-order valence-electron chi connectivity index (χ2n) is 4.50. The fraction of sp³-hybridized carbons (Fsp3) is 0.667. The van der Waals surface area contributed by atoms with Crippen molar-refractivity contribution in [3.05, 3.63) is 18.0 Å². The largest absolute Gasteiger partial charge is 0.343 e. The summed E-state index contributed by atoms with van der Waals surface area (Å²) in [5.41, 5.74) is 1.01. The summed E-state index contributed by atoms with van der Waals surface area (Å²) >= 11 is 0. The van der Waals surface area contributed by atoms with Crippen molar-refractivity contribution in [2.45, 2.75) is 25.8 Å². The fourth-order valence-corrected chi connectivity index (χ4v) is 2.09. The van der Waals surface area contributed by atoms with Gasteiger partial charge in [0.05, 0.1) is 5.69 Å². The van der Waals surface area contributed by atoms with E-state index in [9.17, 15) is 4.79 Å². The van der Waals surface area contributed by atoms with Crippen molar-refractivity contribution < 1.29 is 4.79 Å². The number of hydrogen-bond donors (Lipinski definition) is 1. The first kappa shape index (κ1) is 12.1. The molecule has 1 amide bonds. The molecular formula is C12H20N4O. The second-order valence-corrected chi connectivity index (χ2v) is 4.50. The Morgan fingerprint density at radius 2 is 2.24 bits per heavy atom. The van der Waals surface area contributed by atoms with Gasteiger partial charge in [-0.25, -0.2) is 0 Å². The predicted octanol–water partition coefficient (Wildman–Crippen LogP) is 0.522. The van der Waals surface area contributed by atoms with Gasteiger partial charge in [-0.2, -0.15) is 5.10 Å². The monoisotopic (exact) mass is 236 g/mol. The Balaban J connectivity index is 1.61. The molecule has 94 valence electrons. The molecule has 1 N–H and O–H groups in total. The van der Waals surface area contributed by atoms with Gasteiger partial charge in [0.25, 0.3) is 0 Å². The number of aromatic nitrogens is 2. The molecule has 5 heteroatoms. The highest BCUT2D eigenvalue weighted by Gasteiger charge is 2.16. The molecule has 0 atom stereocenters. The van der Waals surface area contributed by atoms with Gasteiger partial charge in [0.1, 0.15) is 0 Å². The molecule has 1 fully saturated rings. The number of amides is 1. The third-order valence-electron chi connectivity index (χ3n) is 3.05. The average Bonchev–Trinajstić information content (AvgIpc) is 2.95. The van der Waals surface area contributed by atoms with E-state index in [0.717, 1.165) is 44.7 Å². The van der Waals surface area contributed by atoms with Crippen LogP contribution in [0.25, 0.3) is 0 Å². The molecular weight excluding hydrogens is 216 g/mol. The zero-order chi connectivity index (χ0) is 12.1. The molecule has 5 nitrogen and oxygen atoms in total. The van der Waals surface area contributed by atoms with Crippen molar-refractivity contribution in [1.82, 2.24) is 20.0 Å². The lowest BCUT2D eigenvalue weighted by molar-refractivity contribution is -0.130. The SMILES string of the molecule is Cn1ccc(CNCCC(=O)N2CCCC2)n1. The van der Waals surface area contributed by atoms with E-state index < -0.39 is 0 Å². The maximum absolute atomic E-state index is 11.7. The summed E-state index contributed by atoms with van der Waals surface area (Å²) in [5.74, 6) is 0.274. The highest BCUT2D eigenvalue weighted by atomic mass is 16.2. The molecule has 0 radical (unpaired) electrons. The molecule has 1 aromatic rings. The Kier molecular flexibility index (Phi) is 4.14. The molecule has 0 aromatic carbocycles. The quantitative estimate of drug-likeness (QED) is 0.758. The Bertz CT molecular complexity index is 368. The summed E-state index contributed by atoms with van der Waals surface area (Å²) in [6, 6.07) is 1.98. The summed E-state index contributed by atoms with van der Waals surface area (Å²) in [5, 5.41) is 7.51. The van der Waals surface area contributed by atoms with E-state index in [2.05, 4.69) is 10.4 Å². The maximum Gasteiger partial charge on any atom is 0.223 e. The lowest BCUT2D eigenvalue weighted by Crippen LogP contribution is -2.30. The van der Waals surface area contributed by atoms with Gasteiger partial charge < -0.3 is 10.2 Å². The van der Waals surface area contributed by atoms with Crippen molar-refractivity contribution in [3.8, 4) is 0 Å². The molecule has 0 saturated carbocycles. The Morgan fingerprint density at radius 3 is 2.88 bits per heavy atom. The van der Waals surface area contributed by atoms with E-state index in [0.29, 0.717) is 6.42 Å². The summed E-state index contributed by atoms with van der Waals surface area (Å²) < 4.78 is 1.78. The van der Waals surface area contributed by atoms with Crippen molar-refractivity contribution in [2.24, 2.45) is 7.05 Å². The topological polar surface area (TPSA) is 50.2 Å². The normalized spacial score (nSPS) is 15.5. The Labute approximate surface area is 102 Å². The highest BCUT2D eigenvalue weighted by molar-refractivity contribution is 5.76. The predicted molar refractivity (Wildman–Crippen MR) is 65.3 cm³/mol. The van der Waals surface area contributed by atoms with Crippen molar-refractivity contribution in [3.63, 3.8) is 0 Å². The summed E-state index contributed by atoms with van der Waals surface area (Å²) in [7, 11) is 1.90. The van der Waals surface area contributed by atoms with E-state index in [1.165, 1.54) is 0 Å². The third-order valence-corrected chi connectivity index (χ3v) is 3.05. The smallest absolute Gasteiger partial charge is 0.223 e.